The van der Waals surface area contributed by atoms with Crippen LogP contribution in [0.5, 0.6) is 0 Å². The summed E-state index contributed by atoms with van der Waals surface area (Å²) in [6, 6.07) is 0.762. The van der Waals surface area contributed by atoms with Crippen molar-refractivity contribution in [2.75, 3.05) is 5.73 Å². The number of hydrogen-bond acceptors (Lipinski definition) is 5. The topological polar surface area (TPSA) is 98.2 Å². The lowest BCUT2D eigenvalue weighted by atomic mass is 10.3. The van der Waals surface area contributed by atoms with E-state index in [1.165, 1.54) is 13.1 Å². The maximum Gasteiger partial charge on any atom is 0.244 e. The summed E-state index contributed by atoms with van der Waals surface area (Å²) in [6.45, 7) is 3.13. The van der Waals surface area contributed by atoms with Crippen molar-refractivity contribution in [2.24, 2.45) is 0 Å². The maximum atomic E-state index is 13.8. The van der Waals surface area contributed by atoms with Gasteiger partial charge in [0, 0.05) is 0 Å². The fraction of sp³-hybridized carbons (Fsp3) is 0.250. The first-order valence-electron chi connectivity index (χ1n) is 5.90. The number of benzene rings is 1. The van der Waals surface area contributed by atoms with Crippen LogP contribution < -0.4 is 10.5 Å². The normalized spacial score (nSPS) is 13.3. The molecule has 0 aliphatic rings. The zero-order chi connectivity index (χ0) is 15.8. The number of nitrogens with zero attached hydrogens (tertiary/aromatic N) is 1. The van der Waals surface area contributed by atoms with E-state index in [4.69, 9.17) is 10.2 Å². The van der Waals surface area contributed by atoms with Gasteiger partial charge in [0.1, 0.15) is 22.2 Å². The van der Waals surface area contributed by atoms with Crippen LogP contribution >= 0.6 is 0 Å². The largest absolute Gasteiger partial charge is 0.444 e. The third-order valence-electron chi connectivity index (χ3n) is 2.72. The minimum absolute atomic E-state index is 0.131. The summed E-state index contributed by atoms with van der Waals surface area (Å²) in [5, 5.41) is 0. The van der Waals surface area contributed by atoms with Crippen molar-refractivity contribution < 1.29 is 21.6 Å². The van der Waals surface area contributed by atoms with Gasteiger partial charge in [0.15, 0.2) is 5.82 Å². The van der Waals surface area contributed by atoms with Gasteiger partial charge in [-0.25, -0.2) is 22.2 Å². The number of oxazole rings is 1. The molecule has 21 heavy (non-hydrogen) atoms. The molecule has 0 bridgehead atoms. The molecule has 2 rings (SSSR count). The molecule has 1 unspecified atom stereocenters. The first-order chi connectivity index (χ1) is 9.72. The molecule has 0 aliphatic carbocycles. The van der Waals surface area contributed by atoms with Crippen LogP contribution in [0.1, 0.15) is 24.6 Å². The smallest absolute Gasteiger partial charge is 0.244 e. The molecular weight excluding hydrogens is 304 g/mol. The minimum atomic E-state index is -4.24. The second kappa shape index (κ2) is 5.41. The van der Waals surface area contributed by atoms with Gasteiger partial charge in [-0.3, -0.25) is 0 Å². The number of anilines is 1. The van der Waals surface area contributed by atoms with Crippen molar-refractivity contribution in [3.05, 3.63) is 41.6 Å². The average molecular weight is 317 g/mol. The molecule has 9 heteroatoms. The van der Waals surface area contributed by atoms with Crippen LogP contribution in [0.4, 0.5) is 14.5 Å². The van der Waals surface area contributed by atoms with Gasteiger partial charge >= 0.3 is 0 Å². The van der Waals surface area contributed by atoms with Crippen molar-refractivity contribution in [3.63, 3.8) is 0 Å². The summed E-state index contributed by atoms with van der Waals surface area (Å²) in [6.07, 6.45) is 1.43. The third-order valence-corrected chi connectivity index (χ3v) is 4.28. The predicted octanol–water partition coefficient (Wildman–Crippen LogP) is 1.88. The summed E-state index contributed by atoms with van der Waals surface area (Å²) in [7, 11) is -4.24. The van der Waals surface area contributed by atoms with E-state index in [-0.39, 0.29) is 5.89 Å². The van der Waals surface area contributed by atoms with E-state index in [2.05, 4.69) is 9.71 Å². The lowest BCUT2D eigenvalue weighted by Gasteiger charge is -2.12. The van der Waals surface area contributed by atoms with E-state index in [0.717, 1.165) is 12.1 Å². The molecule has 3 N–H and O–H groups in total. The van der Waals surface area contributed by atoms with Gasteiger partial charge in [0.05, 0.1) is 12.2 Å². The average Bonchev–Trinajstić information content (AvgIpc) is 2.82. The quantitative estimate of drug-likeness (QED) is 0.839. The van der Waals surface area contributed by atoms with Gasteiger partial charge in [-0.2, -0.15) is 4.72 Å². The van der Waals surface area contributed by atoms with Gasteiger partial charge in [0.2, 0.25) is 15.9 Å². The predicted molar refractivity (Wildman–Crippen MR) is 70.7 cm³/mol. The molecule has 1 aromatic carbocycles. The Balaban J connectivity index is 2.33. The van der Waals surface area contributed by atoms with E-state index < -0.39 is 38.3 Å². The fourth-order valence-corrected chi connectivity index (χ4v) is 2.96. The molecule has 0 fully saturated rings. The fourth-order valence-electron chi connectivity index (χ4n) is 1.68. The Bertz CT molecular complexity index is 774. The zero-order valence-electron chi connectivity index (χ0n) is 11.2. The number of nitrogens with two attached hydrogens (primary N) is 1. The zero-order valence-corrected chi connectivity index (χ0v) is 12.0. The van der Waals surface area contributed by atoms with Crippen molar-refractivity contribution in [1.29, 1.82) is 0 Å². The van der Waals surface area contributed by atoms with Crippen LogP contribution in [0.3, 0.4) is 0 Å². The Morgan fingerprint density at radius 2 is 2.05 bits per heavy atom. The van der Waals surface area contributed by atoms with E-state index in [1.54, 1.807) is 6.92 Å². The van der Waals surface area contributed by atoms with Crippen LogP contribution in [0.15, 0.2) is 27.6 Å². The number of sulfonamides is 1. The number of halogens is 2. The second-order valence-corrected chi connectivity index (χ2v) is 6.11. The maximum absolute atomic E-state index is 13.8. The lowest BCUT2D eigenvalue weighted by molar-refractivity contribution is 0.427. The number of hydrogen-bond donors (Lipinski definition) is 2. The molecule has 0 aliphatic heterocycles. The Morgan fingerprint density at radius 3 is 2.62 bits per heavy atom. The highest BCUT2D eigenvalue weighted by Gasteiger charge is 2.26. The summed E-state index contributed by atoms with van der Waals surface area (Å²) in [5.41, 5.74) is 4.30. The first kappa shape index (κ1) is 15.4. The van der Waals surface area contributed by atoms with E-state index >= 15 is 0 Å². The molecule has 2 aromatic rings. The molecule has 1 heterocycles. The molecule has 114 valence electrons. The SMILES string of the molecule is Cc1cnc(C(C)NS(=O)(=O)c2ccc(F)c(N)c2F)o1. The van der Waals surface area contributed by atoms with Gasteiger partial charge in [0.25, 0.3) is 0 Å². The van der Waals surface area contributed by atoms with Crippen LogP contribution in [0.25, 0.3) is 0 Å². The third kappa shape index (κ3) is 3.03. The van der Waals surface area contributed by atoms with E-state index in [1.807, 2.05) is 0 Å². The van der Waals surface area contributed by atoms with Gasteiger partial charge in [-0.15, -0.1) is 0 Å². The van der Waals surface area contributed by atoms with Crippen LogP contribution in [-0.2, 0) is 10.0 Å². The molecule has 0 radical (unpaired) electrons. The molecule has 6 nitrogen and oxygen atoms in total. The van der Waals surface area contributed by atoms with E-state index in [0.29, 0.717) is 5.76 Å². The molecule has 1 atom stereocenters. The number of aryl methyl sites for hydroxylation is 1. The van der Waals surface area contributed by atoms with Crippen molar-refractivity contribution in [3.8, 4) is 0 Å². The minimum Gasteiger partial charge on any atom is -0.444 e. The first-order valence-corrected chi connectivity index (χ1v) is 7.39. The van der Waals surface area contributed by atoms with Gasteiger partial charge in [-0.05, 0) is 26.0 Å². The Hall–Kier alpha value is -2.00. The molecule has 0 saturated carbocycles. The molecule has 0 saturated heterocycles. The highest BCUT2D eigenvalue weighted by atomic mass is 32.2. The number of aromatic nitrogens is 1. The van der Waals surface area contributed by atoms with Crippen LogP contribution in [0.2, 0.25) is 0 Å². The molecule has 0 spiro atoms. The van der Waals surface area contributed by atoms with Crippen molar-refractivity contribution in [1.82, 2.24) is 9.71 Å². The molecule has 0 amide bonds. The van der Waals surface area contributed by atoms with Crippen molar-refractivity contribution >= 4 is 15.7 Å². The Kier molecular flexibility index (Phi) is 3.97. The summed E-state index contributed by atoms with van der Waals surface area (Å²) < 4.78 is 58.5. The van der Waals surface area contributed by atoms with Crippen molar-refractivity contribution in [2.45, 2.75) is 24.8 Å². The van der Waals surface area contributed by atoms with Gasteiger partial charge in [-0.1, -0.05) is 0 Å². The second-order valence-electron chi connectivity index (χ2n) is 4.43. The Labute approximate surface area is 120 Å². The van der Waals surface area contributed by atoms with Crippen LogP contribution in [0, 0.1) is 18.6 Å². The summed E-state index contributed by atoms with van der Waals surface area (Å²) in [5.74, 6) is -1.72. The summed E-state index contributed by atoms with van der Waals surface area (Å²) >= 11 is 0. The van der Waals surface area contributed by atoms with Gasteiger partial charge < -0.3 is 10.2 Å². The number of rotatable bonds is 4. The molecular formula is C12H13F2N3O3S. The Morgan fingerprint density at radius 1 is 1.38 bits per heavy atom. The summed E-state index contributed by atoms with van der Waals surface area (Å²) in [4.78, 5) is 3.14. The van der Waals surface area contributed by atoms with E-state index in [9.17, 15) is 17.2 Å². The highest BCUT2D eigenvalue weighted by Crippen LogP contribution is 2.24. The standard InChI is InChI=1S/C12H13F2N3O3S/c1-6-5-16-12(20-6)7(2)17-21(18,19)9-4-3-8(13)11(15)10(9)14/h3-5,7,17H,15H2,1-2H3. The number of nitrogen functional groups attached to an aromatic ring is 1. The molecule has 1 aromatic heterocycles. The monoisotopic (exact) mass is 317 g/mol. The lowest BCUT2D eigenvalue weighted by Crippen LogP contribution is -2.28. The number of nitrogens with one attached hydrogen (secondary N) is 1. The highest BCUT2D eigenvalue weighted by molar-refractivity contribution is 7.89. The van der Waals surface area contributed by atoms with Crippen LogP contribution in [-0.4, -0.2) is 13.4 Å².